The lowest BCUT2D eigenvalue weighted by Crippen LogP contribution is -2.24. The summed E-state index contributed by atoms with van der Waals surface area (Å²) < 4.78 is 0. The molecule has 1 aliphatic heterocycles. The molecule has 0 spiro atoms. The summed E-state index contributed by atoms with van der Waals surface area (Å²) in [6.07, 6.45) is 1.12. The van der Waals surface area contributed by atoms with E-state index in [1.807, 2.05) is 0 Å². The van der Waals surface area contributed by atoms with E-state index in [0.717, 1.165) is 18.9 Å². The Labute approximate surface area is 86.5 Å². The first-order valence-corrected chi connectivity index (χ1v) is 5.59. The van der Waals surface area contributed by atoms with Crippen molar-refractivity contribution in [1.29, 1.82) is 0 Å². The zero-order valence-electron chi connectivity index (χ0n) is 9.30. The topological polar surface area (TPSA) is 12.0 Å². The Kier molecular flexibility index (Phi) is 2.49. The molecule has 0 radical (unpaired) electrons. The highest BCUT2D eigenvalue weighted by Gasteiger charge is 2.23. The van der Waals surface area contributed by atoms with Gasteiger partial charge in [-0.2, -0.15) is 0 Å². The third kappa shape index (κ3) is 1.41. The summed E-state index contributed by atoms with van der Waals surface area (Å²) >= 11 is 0. The van der Waals surface area contributed by atoms with E-state index in [9.17, 15) is 0 Å². The van der Waals surface area contributed by atoms with E-state index >= 15 is 0 Å². The molecule has 76 valence electrons. The van der Waals surface area contributed by atoms with Crippen molar-refractivity contribution in [1.82, 2.24) is 0 Å². The lowest BCUT2D eigenvalue weighted by atomic mass is 9.83. The van der Waals surface area contributed by atoms with Gasteiger partial charge in [-0.25, -0.2) is 0 Å². The Morgan fingerprint density at radius 3 is 2.86 bits per heavy atom. The third-order valence-corrected chi connectivity index (χ3v) is 3.51. The second-order valence-corrected chi connectivity index (χ2v) is 4.38. The Hall–Kier alpha value is -0.980. The number of para-hydroxylation sites is 1. The van der Waals surface area contributed by atoms with Gasteiger partial charge < -0.3 is 5.32 Å². The van der Waals surface area contributed by atoms with Gasteiger partial charge in [-0.3, -0.25) is 0 Å². The van der Waals surface area contributed by atoms with Crippen molar-refractivity contribution in [3.8, 4) is 0 Å². The van der Waals surface area contributed by atoms with E-state index in [2.05, 4.69) is 44.3 Å². The lowest BCUT2D eigenvalue weighted by Gasteiger charge is -2.31. The predicted molar refractivity (Wildman–Crippen MR) is 61.9 cm³/mol. The lowest BCUT2D eigenvalue weighted by molar-refractivity contribution is 0.496. The van der Waals surface area contributed by atoms with Crippen LogP contribution in [-0.4, -0.2) is 6.54 Å². The molecule has 14 heavy (non-hydrogen) atoms. The number of benzene rings is 1. The Balaban J connectivity index is 2.47. The Morgan fingerprint density at radius 1 is 1.36 bits per heavy atom. The number of hydrogen-bond acceptors (Lipinski definition) is 1. The van der Waals surface area contributed by atoms with Gasteiger partial charge in [-0.1, -0.05) is 39.0 Å². The minimum absolute atomic E-state index is 0.692. The quantitative estimate of drug-likeness (QED) is 0.714. The fraction of sp³-hybridized carbons (Fsp3) is 0.538. The van der Waals surface area contributed by atoms with Gasteiger partial charge in [0.05, 0.1) is 0 Å². The van der Waals surface area contributed by atoms with Crippen molar-refractivity contribution in [3.63, 3.8) is 0 Å². The number of nitrogens with one attached hydrogen (secondary N) is 1. The molecule has 1 aromatic carbocycles. The van der Waals surface area contributed by atoms with Crippen LogP contribution in [0.1, 0.15) is 37.8 Å². The number of rotatable bonds is 1. The molecule has 0 aliphatic carbocycles. The average Bonchev–Trinajstić information content (AvgIpc) is 2.23. The summed E-state index contributed by atoms with van der Waals surface area (Å²) in [5, 5.41) is 3.56. The van der Waals surface area contributed by atoms with Crippen LogP contribution in [0.2, 0.25) is 0 Å². The van der Waals surface area contributed by atoms with Crippen molar-refractivity contribution >= 4 is 5.69 Å². The van der Waals surface area contributed by atoms with Gasteiger partial charge in [0.15, 0.2) is 0 Å². The fourth-order valence-corrected chi connectivity index (χ4v) is 2.26. The van der Waals surface area contributed by atoms with Crippen molar-refractivity contribution in [2.75, 3.05) is 11.9 Å². The van der Waals surface area contributed by atoms with Crippen LogP contribution >= 0.6 is 0 Å². The summed E-state index contributed by atoms with van der Waals surface area (Å²) in [7, 11) is 0. The van der Waals surface area contributed by atoms with Crippen molar-refractivity contribution in [2.45, 2.75) is 33.1 Å². The Bertz CT molecular complexity index is 330. The molecule has 1 N–H and O–H groups in total. The predicted octanol–water partition coefficient (Wildman–Crippen LogP) is 3.41. The van der Waals surface area contributed by atoms with Crippen LogP contribution in [0.3, 0.4) is 0 Å². The van der Waals surface area contributed by atoms with Crippen LogP contribution in [-0.2, 0) is 6.42 Å². The van der Waals surface area contributed by atoms with Gasteiger partial charge in [0.2, 0.25) is 0 Å². The van der Waals surface area contributed by atoms with E-state index in [4.69, 9.17) is 0 Å². The molecular formula is C13H19N. The fourth-order valence-electron chi connectivity index (χ4n) is 2.26. The second-order valence-electron chi connectivity index (χ2n) is 4.38. The first-order valence-electron chi connectivity index (χ1n) is 5.59. The van der Waals surface area contributed by atoms with Gasteiger partial charge >= 0.3 is 0 Å². The normalized spacial score (nSPS) is 25.4. The summed E-state index contributed by atoms with van der Waals surface area (Å²) in [5.74, 6) is 1.44. The van der Waals surface area contributed by atoms with E-state index in [1.54, 1.807) is 0 Å². The highest BCUT2D eigenvalue weighted by molar-refractivity contribution is 5.60. The largest absolute Gasteiger partial charge is 0.384 e. The van der Waals surface area contributed by atoms with Crippen LogP contribution in [0.15, 0.2) is 18.2 Å². The average molecular weight is 189 g/mol. The highest BCUT2D eigenvalue weighted by atomic mass is 14.9. The summed E-state index contributed by atoms with van der Waals surface area (Å²) in [6, 6.07) is 6.68. The van der Waals surface area contributed by atoms with E-state index in [0.29, 0.717) is 5.92 Å². The molecule has 1 heterocycles. The molecule has 1 aliphatic rings. The smallest absolute Gasteiger partial charge is 0.0408 e. The maximum Gasteiger partial charge on any atom is 0.0408 e. The minimum atomic E-state index is 0.692. The number of hydrogen-bond donors (Lipinski definition) is 1. The first-order chi connectivity index (χ1) is 6.74. The van der Waals surface area contributed by atoms with Crippen molar-refractivity contribution in [3.05, 3.63) is 29.3 Å². The van der Waals surface area contributed by atoms with Crippen molar-refractivity contribution < 1.29 is 0 Å². The summed E-state index contributed by atoms with van der Waals surface area (Å²) in [4.78, 5) is 0. The Morgan fingerprint density at radius 2 is 2.14 bits per heavy atom. The SMILES string of the molecule is CCc1cccc2c1NCC(C)C2C. The summed E-state index contributed by atoms with van der Waals surface area (Å²) in [5.41, 5.74) is 4.37. The number of anilines is 1. The molecule has 0 saturated heterocycles. The second kappa shape index (κ2) is 3.64. The molecule has 0 aromatic heterocycles. The summed E-state index contributed by atoms with van der Waals surface area (Å²) in [6.45, 7) is 7.99. The van der Waals surface area contributed by atoms with Gasteiger partial charge in [-0.05, 0) is 29.4 Å². The van der Waals surface area contributed by atoms with Crippen LogP contribution < -0.4 is 5.32 Å². The molecule has 0 amide bonds. The molecule has 2 rings (SSSR count). The molecule has 2 unspecified atom stereocenters. The van der Waals surface area contributed by atoms with Crippen molar-refractivity contribution in [2.24, 2.45) is 5.92 Å². The number of aryl methyl sites for hydroxylation is 1. The zero-order valence-corrected chi connectivity index (χ0v) is 9.30. The van der Waals surface area contributed by atoms with E-state index in [1.165, 1.54) is 16.8 Å². The molecule has 1 nitrogen and oxygen atoms in total. The minimum Gasteiger partial charge on any atom is -0.384 e. The zero-order chi connectivity index (χ0) is 10.1. The third-order valence-electron chi connectivity index (χ3n) is 3.51. The van der Waals surface area contributed by atoms with Gasteiger partial charge in [-0.15, -0.1) is 0 Å². The number of fused-ring (bicyclic) bond motifs is 1. The molecule has 0 fully saturated rings. The first kappa shape index (κ1) is 9.57. The van der Waals surface area contributed by atoms with Crippen LogP contribution in [0.5, 0.6) is 0 Å². The maximum absolute atomic E-state index is 3.56. The van der Waals surface area contributed by atoms with Gasteiger partial charge in [0.25, 0.3) is 0 Å². The van der Waals surface area contributed by atoms with Gasteiger partial charge in [0, 0.05) is 12.2 Å². The molecule has 0 bridgehead atoms. The van der Waals surface area contributed by atoms with Crippen LogP contribution in [0, 0.1) is 5.92 Å². The molecule has 2 atom stereocenters. The van der Waals surface area contributed by atoms with E-state index in [-0.39, 0.29) is 0 Å². The molecular weight excluding hydrogens is 170 g/mol. The van der Waals surface area contributed by atoms with Gasteiger partial charge in [0.1, 0.15) is 0 Å². The monoisotopic (exact) mass is 189 g/mol. The molecule has 1 aromatic rings. The van der Waals surface area contributed by atoms with E-state index < -0.39 is 0 Å². The molecule has 1 heteroatoms. The van der Waals surface area contributed by atoms with Crippen LogP contribution in [0.4, 0.5) is 5.69 Å². The maximum atomic E-state index is 3.56. The molecule has 0 saturated carbocycles. The highest BCUT2D eigenvalue weighted by Crippen LogP contribution is 2.36. The standard InChI is InChI=1S/C13H19N/c1-4-11-6-5-7-12-10(3)9(2)8-14-13(11)12/h5-7,9-10,14H,4,8H2,1-3H3. The van der Waals surface area contributed by atoms with Crippen LogP contribution in [0.25, 0.3) is 0 Å².